The largest absolute Gasteiger partial charge is 0.288 e. The van der Waals surface area contributed by atoms with E-state index in [2.05, 4.69) is 99.3 Å². The van der Waals surface area contributed by atoms with Crippen molar-refractivity contribution in [1.29, 1.82) is 0 Å². The van der Waals surface area contributed by atoms with E-state index in [1.165, 1.54) is 44.5 Å². The summed E-state index contributed by atoms with van der Waals surface area (Å²) in [6, 6.07) is 24.5. The molecule has 2 unspecified atom stereocenters. The van der Waals surface area contributed by atoms with Gasteiger partial charge in [-0.3, -0.25) is 4.90 Å². The number of benzene rings is 3. The second kappa shape index (κ2) is 8.93. The number of nitrogens with zero attached hydrogens (tertiary/aromatic N) is 2. The molecule has 0 amide bonds. The maximum absolute atomic E-state index is 6.83. The van der Waals surface area contributed by atoms with Crippen LogP contribution >= 0.6 is 11.6 Å². The van der Waals surface area contributed by atoms with Crippen molar-refractivity contribution in [2.24, 2.45) is 10.9 Å². The number of aliphatic imine (C=N–C) groups is 1. The molecule has 0 spiro atoms. The number of fused-ring (bicyclic) bond motifs is 1. The van der Waals surface area contributed by atoms with E-state index in [-0.39, 0.29) is 12.0 Å². The van der Waals surface area contributed by atoms with E-state index in [9.17, 15) is 0 Å². The molecule has 0 aromatic heterocycles. The SMILES string of the molecule is Cc1cccc(C2c3ccccc3CCN2CC2=C(Cl)N=C(c3c(C)cccc3C)C2C)c1. The highest BCUT2D eigenvalue weighted by atomic mass is 35.5. The number of hydrogen-bond donors (Lipinski definition) is 0. The van der Waals surface area contributed by atoms with Crippen molar-refractivity contribution in [3.8, 4) is 0 Å². The Morgan fingerprint density at radius 2 is 1.67 bits per heavy atom. The van der Waals surface area contributed by atoms with Crippen molar-refractivity contribution in [2.75, 3.05) is 13.1 Å². The molecule has 168 valence electrons. The minimum atomic E-state index is 0.202. The van der Waals surface area contributed by atoms with Crippen molar-refractivity contribution < 1.29 is 0 Å². The van der Waals surface area contributed by atoms with Gasteiger partial charge >= 0.3 is 0 Å². The Kier molecular flexibility index (Phi) is 5.99. The Morgan fingerprint density at radius 3 is 2.42 bits per heavy atom. The molecule has 0 fully saturated rings. The summed E-state index contributed by atoms with van der Waals surface area (Å²) in [6.45, 7) is 10.6. The minimum Gasteiger partial charge on any atom is -0.288 e. The fourth-order valence-electron chi connectivity index (χ4n) is 5.55. The zero-order valence-corrected chi connectivity index (χ0v) is 20.7. The van der Waals surface area contributed by atoms with Gasteiger partial charge in [0.25, 0.3) is 0 Å². The summed E-state index contributed by atoms with van der Waals surface area (Å²) in [5.74, 6) is 0.202. The highest BCUT2D eigenvalue weighted by Crippen LogP contribution is 2.39. The fourth-order valence-corrected chi connectivity index (χ4v) is 5.86. The molecule has 3 aromatic carbocycles. The van der Waals surface area contributed by atoms with E-state index in [1.54, 1.807) is 0 Å². The molecule has 3 heteroatoms. The van der Waals surface area contributed by atoms with Crippen LogP contribution in [0.1, 0.15) is 51.9 Å². The van der Waals surface area contributed by atoms with Gasteiger partial charge in [-0.05, 0) is 60.6 Å². The molecule has 0 bridgehead atoms. The van der Waals surface area contributed by atoms with E-state index in [4.69, 9.17) is 16.6 Å². The zero-order valence-electron chi connectivity index (χ0n) is 19.9. The summed E-state index contributed by atoms with van der Waals surface area (Å²) < 4.78 is 0. The second-order valence-electron chi connectivity index (χ2n) is 9.54. The zero-order chi connectivity index (χ0) is 23.1. The lowest BCUT2D eigenvalue weighted by molar-refractivity contribution is 0.228. The highest BCUT2D eigenvalue weighted by molar-refractivity contribution is 6.32. The summed E-state index contributed by atoms with van der Waals surface area (Å²) in [7, 11) is 0. The Morgan fingerprint density at radius 1 is 0.939 bits per heavy atom. The van der Waals surface area contributed by atoms with Gasteiger partial charge in [0.1, 0.15) is 5.16 Å². The maximum atomic E-state index is 6.83. The Labute approximate surface area is 202 Å². The number of halogens is 1. The maximum Gasteiger partial charge on any atom is 0.130 e. The monoisotopic (exact) mass is 454 g/mol. The van der Waals surface area contributed by atoms with E-state index in [0.717, 1.165) is 25.2 Å². The quantitative estimate of drug-likeness (QED) is 0.382. The first-order valence-corrected chi connectivity index (χ1v) is 12.2. The third-order valence-corrected chi connectivity index (χ3v) is 7.60. The minimum absolute atomic E-state index is 0.202. The van der Waals surface area contributed by atoms with Crippen molar-refractivity contribution in [3.05, 3.63) is 116 Å². The van der Waals surface area contributed by atoms with Crippen LogP contribution in [-0.2, 0) is 6.42 Å². The average Bonchev–Trinajstić information content (AvgIpc) is 3.07. The molecular formula is C30H31ClN2. The summed E-state index contributed by atoms with van der Waals surface area (Å²) >= 11 is 6.83. The first-order chi connectivity index (χ1) is 15.9. The molecule has 0 saturated carbocycles. The van der Waals surface area contributed by atoms with Crippen LogP contribution in [0, 0.1) is 26.7 Å². The van der Waals surface area contributed by atoms with Crippen molar-refractivity contribution in [1.82, 2.24) is 4.90 Å². The summed E-state index contributed by atoms with van der Waals surface area (Å²) in [6.07, 6.45) is 1.06. The first kappa shape index (κ1) is 22.1. The van der Waals surface area contributed by atoms with Crippen LogP contribution in [0.15, 0.2) is 82.5 Å². The van der Waals surface area contributed by atoms with Crippen LogP contribution in [0.4, 0.5) is 0 Å². The predicted molar refractivity (Wildman–Crippen MR) is 139 cm³/mol. The third-order valence-electron chi connectivity index (χ3n) is 7.27. The molecule has 0 aliphatic carbocycles. The predicted octanol–water partition coefficient (Wildman–Crippen LogP) is 7.15. The van der Waals surface area contributed by atoms with Gasteiger partial charge in [-0.1, -0.05) is 90.8 Å². The number of rotatable bonds is 4. The van der Waals surface area contributed by atoms with Gasteiger partial charge < -0.3 is 0 Å². The lowest BCUT2D eigenvalue weighted by atomic mass is 9.85. The summed E-state index contributed by atoms with van der Waals surface area (Å²) in [5.41, 5.74) is 11.6. The third kappa shape index (κ3) is 4.07. The lowest BCUT2D eigenvalue weighted by Crippen LogP contribution is -2.38. The molecule has 0 saturated heterocycles. The van der Waals surface area contributed by atoms with Gasteiger partial charge in [0.15, 0.2) is 0 Å². The van der Waals surface area contributed by atoms with Crippen molar-refractivity contribution in [3.63, 3.8) is 0 Å². The second-order valence-corrected chi connectivity index (χ2v) is 9.90. The molecule has 33 heavy (non-hydrogen) atoms. The van der Waals surface area contributed by atoms with Crippen molar-refractivity contribution >= 4 is 17.3 Å². The summed E-state index contributed by atoms with van der Waals surface area (Å²) in [5, 5.41) is 0.669. The molecule has 2 nitrogen and oxygen atoms in total. The Balaban J connectivity index is 1.49. The average molecular weight is 455 g/mol. The van der Waals surface area contributed by atoms with E-state index >= 15 is 0 Å². The first-order valence-electron chi connectivity index (χ1n) is 11.9. The van der Waals surface area contributed by atoms with Gasteiger partial charge in [0, 0.05) is 24.6 Å². The molecule has 2 aliphatic rings. The number of aryl methyl sites for hydroxylation is 3. The van der Waals surface area contributed by atoms with E-state index in [1.807, 2.05) is 0 Å². The van der Waals surface area contributed by atoms with Crippen LogP contribution in [0.2, 0.25) is 0 Å². The van der Waals surface area contributed by atoms with Gasteiger partial charge in [-0.2, -0.15) is 0 Å². The van der Waals surface area contributed by atoms with Crippen molar-refractivity contribution in [2.45, 2.75) is 40.2 Å². The Hall–Kier alpha value is -2.68. The van der Waals surface area contributed by atoms with Gasteiger partial charge in [-0.15, -0.1) is 0 Å². The van der Waals surface area contributed by atoms with Gasteiger partial charge in [-0.25, -0.2) is 4.99 Å². The molecule has 3 aromatic rings. The topological polar surface area (TPSA) is 15.6 Å². The molecule has 2 aliphatic heterocycles. The summed E-state index contributed by atoms with van der Waals surface area (Å²) in [4.78, 5) is 7.49. The number of hydrogen-bond acceptors (Lipinski definition) is 2. The molecule has 2 heterocycles. The Bertz CT molecular complexity index is 1250. The lowest BCUT2D eigenvalue weighted by Gasteiger charge is -2.38. The van der Waals surface area contributed by atoms with Crippen LogP contribution in [-0.4, -0.2) is 23.7 Å². The molecule has 0 radical (unpaired) electrons. The fraction of sp³-hybridized carbons (Fsp3) is 0.300. The van der Waals surface area contributed by atoms with Crippen LogP contribution < -0.4 is 0 Å². The van der Waals surface area contributed by atoms with E-state index < -0.39 is 0 Å². The molecular weight excluding hydrogens is 424 g/mol. The highest BCUT2D eigenvalue weighted by Gasteiger charge is 2.34. The van der Waals surface area contributed by atoms with Gasteiger partial charge in [0.05, 0.1) is 11.8 Å². The molecule has 5 rings (SSSR count). The van der Waals surface area contributed by atoms with E-state index in [0.29, 0.717) is 5.16 Å². The smallest absolute Gasteiger partial charge is 0.130 e. The van der Waals surface area contributed by atoms with Gasteiger partial charge in [0.2, 0.25) is 0 Å². The van der Waals surface area contributed by atoms with Crippen LogP contribution in [0.3, 0.4) is 0 Å². The van der Waals surface area contributed by atoms with Crippen LogP contribution in [0.25, 0.3) is 0 Å². The van der Waals surface area contributed by atoms with Crippen LogP contribution in [0.5, 0.6) is 0 Å². The molecule has 0 N–H and O–H groups in total. The normalized spacial score (nSPS) is 20.7. The standard InChI is InChI=1S/C30H31ClN2/c1-19-9-7-13-24(17-19)29-25-14-6-5-12-23(25)15-16-33(29)18-26-22(4)28(32-30(26)31)27-20(2)10-8-11-21(27)3/h5-14,17,22,29H,15-16,18H2,1-4H3. The molecule has 2 atom stereocenters.